The van der Waals surface area contributed by atoms with Crippen molar-refractivity contribution in [2.45, 2.75) is 19.4 Å². The molecule has 0 spiro atoms. The number of likely N-dealkylation sites (tertiary alicyclic amines) is 1. The van der Waals surface area contributed by atoms with Gasteiger partial charge in [-0.05, 0) is 56.0 Å². The van der Waals surface area contributed by atoms with Crippen LogP contribution in [0, 0.1) is 10.7 Å². The van der Waals surface area contributed by atoms with Gasteiger partial charge in [0.25, 0.3) is 0 Å². The number of H-pyrrole nitrogens is 1. The summed E-state index contributed by atoms with van der Waals surface area (Å²) in [5.41, 5.74) is 0. The molecule has 102 valence electrons. The van der Waals surface area contributed by atoms with Gasteiger partial charge in [-0.15, -0.1) is 11.3 Å². The molecule has 3 heterocycles. The van der Waals surface area contributed by atoms with Gasteiger partial charge in [0.2, 0.25) is 0 Å². The number of nitrogens with zero attached hydrogens (tertiary/aromatic N) is 3. The average Bonchev–Trinajstić information content (AvgIpc) is 3.01. The Morgan fingerprint density at radius 2 is 2.47 bits per heavy atom. The van der Waals surface area contributed by atoms with E-state index in [0.717, 1.165) is 23.7 Å². The molecule has 6 heteroatoms. The van der Waals surface area contributed by atoms with Crippen LogP contribution in [0.15, 0.2) is 17.5 Å². The molecular formula is C13H18N4S2. The number of nitrogens with one attached hydrogen (secondary N) is 1. The van der Waals surface area contributed by atoms with Gasteiger partial charge in [0.05, 0.1) is 4.88 Å². The van der Waals surface area contributed by atoms with Gasteiger partial charge >= 0.3 is 0 Å². The summed E-state index contributed by atoms with van der Waals surface area (Å²) >= 11 is 7.09. The monoisotopic (exact) mass is 294 g/mol. The van der Waals surface area contributed by atoms with Crippen molar-refractivity contribution < 1.29 is 0 Å². The molecule has 2 aromatic heterocycles. The fourth-order valence-electron chi connectivity index (χ4n) is 2.76. The van der Waals surface area contributed by atoms with Gasteiger partial charge in [-0.1, -0.05) is 6.07 Å². The Morgan fingerprint density at radius 1 is 1.58 bits per heavy atom. The Balaban J connectivity index is 1.84. The normalized spacial score (nSPS) is 20.8. The Kier molecular flexibility index (Phi) is 3.81. The highest BCUT2D eigenvalue weighted by atomic mass is 32.1. The minimum Gasteiger partial charge on any atom is -0.306 e. The lowest BCUT2D eigenvalue weighted by molar-refractivity contribution is 0.194. The minimum absolute atomic E-state index is 0.668. The number of hydrogen-bond acceptors (Lipinski definition) is 4. The third-order valence-corrected chi connectivity index (χ3v) is 4.84. The van der Waals surface area contributed by atoms with Crippen molar-refractivity contribution in [1.82, 2.24) is 19.7 Å². The lowest BCUT2D eigenvalue weighted by Gasteiger charge is -2.29. The van der Waals surface area contributed by atoms with Gasteiger partial charge in [-0.2, -0.15) is 5.10 Å². The van der Waals surface area contributed by atoms with Crippen molar-refractivity contribution >= 4 is 23.6 Å². The van der Waals surface area contributed by atoms with E-state index < -0.39 is 0 Å². The average molecular weight is 294 g/mol. The van der Waals surface area contributed by atoms with Crippen LogP contribution in [0.25, 0.3) is 10.7 Å². The van der Waals surface area contributed by atoms with E-state index in [1.807, 2.05) is 0 Å². The van der Waals surface area contributed by atoms with Crippen molar-refractivity contribution in [3.63, 3.8) is 0 Å². The summed E-state index contributed by atoms with van der Waals surface area (Å²) in [4.78, 5) is 3.58. The maximum atomic E-state index is 5.38. The highest BCUT2D eigenvalue weighted by Gasteiger charge is 2.20. The standard InChI is InChI=1S/C13H18N4S2/c1-16-6-2-4-10(8-16)9-17-12(14-15-13(17)18)11-5-3-7-19-11/h3,5,7,10H,2,4,6,8-9H2,1H3,(H,15,18). The van der Waals surface area contributed by atoms with Crippen molar-refractivity contribution in [2.75, 3.05) is 20.1 Å². The van der Waals surface area contributed by atoms with Gasteiger partial charge in [0.1, 0.15) is 0 Å². The molecule has 3 rings (SSSR count). The van der Waals surface area contributed by atoms with Gasteiger partial charge < -0.3 is 4.90 Å². The molecule has 1 atom stereocenters. The third-order valence-electron chi connectivity index (χ3n) is 3.66. The predicted molar refractivity (Wildman–Crippen MR) is 80.9 cm³/mol. The van der Waals surface area contributed by atoms with Crippen LogP contribution in [0.1, 0.15) is 12.8 Å². The first-order valence-electron chi connectivity index (χ1n) is 6.61. The molecule has 19 heavy (non-hydrogen) atoms. The Hall–Kier alpha value is -0.980. The van der Waals surface area contributed by atoms with E-state index >= 15 is 0 Å². The summed E-state index contributed by atoms with van der Waals surface area (Å²) in [6.45, 7) is 3.33. The first-order chi connectivity index (χ1) is 9.24. The molecule has 1 fully saturated rings. The summed E-state index contributed by atoms with van der Waals surface area (Å²) in [7, 11) is 2.20. The second-order valence-electron chi connectivity index (χ2n) is 5.21. The smallest absolute Gasteiger partial charge is 0.195 e. The van der Waals surface area contributed by atoms with E-state index in [4.69, 9.17) is 12.2 Å². The quantitative estimate of drug-likeness (QED) is 0.884. The largest absolute Gasteiger partial charge is 0.306 e. The van der Waals surface area contributed by atoms with Crippen LogP contribution in [0.2, 0.25) is 0 Å². The van der Waals surface area contributed by atoms with Crippen molar-refractivity contribution in [2.24, 2.45) is 5.92 Å². The molecule has 4 nitrogen and oxygen atoms in total. The molecule has 1 aliphatic heterocycles. The van der Waals surface area contributed by atoms with Crippen molar-refractivity contribution in [3.8, 4) is 10.7 Å². The summed E-state index contributed by atoms with van der Waals surface area (Å²) in [5.74, 6) is 1.65. The van der Waals surface area contributed by atoms with E-state index in [0.29, 0.717) is 5.92 Å². The topological polar surface area (TPSA) is 36.9 Å². The number of aromatic amines is 1. The second kappa shape index (κ2) is 5.56. The molecule has 1 N–H and O–H groups in total. The number of thiophene rings is 1. The molecule has 2 aromatic rings. The van der Waals surface area contributed by atoms with E-state index in [-0.39, 0.29) is 0 Å². The van der Waals surface area contributed by atoms with E-state index in [1.54, 1.807) is 11.3 Å². The van der Waals surface area contributed by atoms with Crippen LogP contribution < -0.4 is 0 Å². The zero-order valence-corrected chi connectivity index (χ0v) is 12.6. The zero-order chi connectivity index (χ0) is 13.2. The molecule has 1 saturated heterocycles. The summed E-state index contributed by atoms with van der Waals surface area (Å²) in [6, 6.07) is 4.15. The van der Waals surface area contributed by atoms with Crippen LogP contribution in [-0.2, 0) is 6.54 Å². The highest BCUT2D eigenvalue weighted by Crippen LogP contribution is 2.25. The Labute approximate surface area is 122 Å². The third kappa shape index (κ3) is 2.80. The maximum Gasteiger partial charge on any atom is 0.195 e. The van der Waals surface area contributed by atoms with E-state index in [2.05, 4.69) is 44.2 Å². The van der Waals surface area contributed by atoms with Crippen molar-refractivity contribution in [1.29, 1.82) is 0 Å². The van der Waals surface area contributed by atoms with Gasteiger partial charge in [0.15, 0.2) is 10.6 Å². The minimum atomic E-state index is 0.668. The molecule has 0 amide bonds. The number of rotatable bonds is 3. The molecule has 0 aliphatic carbocycles. The van der Waals surface area contributed by atoms with Crippen molar-refractivity contribution in [3.05, 3.63) is 22.3 Å². The first kappa shape index (κ1) is 13.0. The number of piperidine rings is 1. The number of hydrogen-bond donors (Lipinski definition) is 1. The van der Waals surface area contributed by atoms with Gasteiger partial charge in [-0.25, -0.2) is 0 Å². The fourth-order valence-corrected chi connectivity index (χ4v) is 3.69. The molecule has 1 aliphatic rings. The first-order valence-corrected chi connectivity index (χ1v) is 7.90. The fraction of sp³-hybridized carbons (Fsp3) is 0.538. The molecular weight excluding hydrogens is 276 g/mol. The van der Waals surface area contributed by atoms with Crippen LogP contribution in [-0.4, -0.2) is 39.8 Å². The second-order valence-corrected chi connectivity index (χ2v) is 6.55. The molecule has 0 aromatic carbocycles. The summed E-state index contributed by atoms with van der Waals surface area (Å²) in [6.07, 6.45) is 2.56. The Morgan fingerprint density at radius 3 is 3.21 bits per heavy atom. The molecule has 0 bridgehead atoms. The van der Waals surface area contributed by atoms with Crippen LogP contribution >= 0.6 is 23.6 Å². The van der Waals surface area contributed by atoms with Gasteiger partial charge in [-0.3, -0.25) is 9.67 Å². The van der Waals surface area contributed by atoms with Crippen LogP contribution in [0.3, 0.4) is 0 Å². The zero-order valence-electron chi connectivity index (χ0n) is 11.0. The molecule has 0 radical (unpaired) electrons. The maximum absolute atomic E-state index is 5.38. The van der Waals surface area contributed by atoms with Gasteiger partial charge in [0, 0.05) is 13.1 Å². The lowest BCUT2D eigenvalue weighted by atomic mass is 9.98. The molecule has 0 saturated carbocycles. The summed E-state index contributed by atoms with van der Waals surface area (Å²) in [5, 5.41) is 9.40. The number of aromatic nitrogens is 3. The Bertz CT molecular complexity index is 584. The van der Waals surface area contributed by atoms with Crippen LogP contribution in [0.5, 0.6) is 0 Å². The molecule has 1 unspecified atom stereocenters. The SMILES string of the molecule is CN1CCCC(Cn2c(-c3cccs3)n[nH]c2=S)C1. The van der Waals surface area contributed by atoms with E-state index in [9.17, 15) is 0 Å². The lowest BCUT2D eigenvalue weighted by Crippen LogP contribution is -2.34. The predicted octanol–water partition coefficient (Wildman–Crippen LogP) is 3.01. The van der Waals surface area contributed by atoms with E-state index in [1.165, 1.54) is 24.3 Å². The van der Waals surface area contributed by atoms with Crippen LogP contribution in [0.4, 0.5) is 0 Å². The summed E-state index contributed by atoms with van der Waals surface area (Å²) < 4.78 is 2.89. The highest BCUT2D eigenvalue weighted by molar-refractivity contribution is 7.71.